The van der Waals surface area contributed by atoms with Crippen LogP contribution in [0.2, 0.25) is 0 Å². The van der Waals surface area contributed by atoms with E-state index in [4.69, 9.17) is 4.74 Å². The molecule has 0 aromatic heterocycles. The Morgan fingerprint density at radius 3 is 2.21 bits per heavy atom. The highest BCUT2D eigenvalue weighted by Crippen LogP contribution is 2.37. The molecule has 2 aromatic carbocycles. The molecule has 1 saturated heterocycles. The maximum atomic E-state index is 12.9. The van der Waals surface area contributed by atoms with Gasteiger partial charge < -0.3 is 20.3 Å². The number of rotatable bonds is 7. The molecule has 9 nitrogen and oxygen atoms in total. The maximum absolute atomic E-state index is 12.9. The van der Waals surface area contributed by atoms with E-state index in [2.05, 4.69) is 10.6 Å². The van der Waals surface area contributed by atoms with Crippen molar-refractivity contribution in [2.75, 3.05) is 42.3 Å². The maximum Gasteiger partial charge on any atom is 0.416 e. The topological polar surface area (TPSA) is 114 Å². The first-order valence-electron chi connectivity index (χ1n) is 10.4. The fourth-order valence-electron chi connectivity index (χ4n) is 3.71. The number of piperidine rings is 1. The van der Waals surface area contributed by atoms with Crippen LogP contribution in [0.1, 0.15) is 18.4 Å². The molecule has 1 aliphatic heterocycles. The summed E-state index contributed by atoms with van der Waals surface area (Å²) in [5.74, 6) is -0.886. The van der Waals surface area contributed by atoms with Gasteiger partial charge in [0.1, 0.15) is 12.3 Å². The summed E-state index contributed by atoms with van der Waals surface area (Å²) in [4.78, 5) is 36.3. The van der Waals surface area contributed by atoms with Crippen molar-refractivity contribution in [3.63, 3.8) is 0 Å². The minimum Gasteiger partial charge on any atom is -0.375 e. The second-order valence-corrected chi connectivity index (χ2v) is 7.77. The number of nitrogens with one attached hydrogen (secondary N) is 2. The molecule has 2 aromatic rings. The zero-order chi connectivity index (χ0) is 24.9. The van der Waals surface area contributed by atoms with Crippen LogP contribution in [0.15, 0.2) is 42.5 Å². The number of nitro groups is 1. The van der Waals surface area contributed by atoms with Gasteiger partial charge in [0.25, 0.3) is 5.69 Å². The van der Waals surface area contributed by atoms with Crippen LogP contribution in [0.4, 0.5) is 35.9 Å². The second-order valence-electron chi connectivity index (χ2n) is 7.77. The summed E-state index contributed by atoms with van der Waals surface area (Å²) < 4.78 is 43.5. The highest BCUT2D eigenvalue weighted by Gasteiger charge is 2.35. The number of methoxy groups -OCH3 is 1. The van der Waals surface area contributed by atoms with Crippen LogP contribution in [-0.4, -0.2) is 43.5 Å². The van der Waals surface area contributed by atoms with E-state index in [1.807, 2.05) is 0 Å². The number of carbonyl (C=O) groups excluding carboxylic acids is 2. The van der Waals surface area contributed by atoms with Gasteiger partial charge in [0.15, 0.2) is 0 Å². The number of anilines is 3. The molecule has 0 aliphatic carbocycles. The lowest BCUT2D eigenvalue weighted by Crippen LogP contribution is -2.38. The molecule has 2 amide bonds. The number of amides is 2. The molecule has 0 bridgehead atoms. The molecule has 0 spiro atoms. The van der Waals surface area contributed by atoms with Crippen LogP contribution in [0.25, 0.3) is 0 Å². The lowest BCUT2D eigenvalue weighted by molar-refractivity contribution is -0.384. The van der Waals surface area contributed by atoms with Gasteiger partial charge >= 0.3 is 6.18 Å². The minimum atomic E-state index is -4.68. The Morgan fingerprint density at radius 1 is 1.09 bits per heavy atom. The zero-order valence-corrected chi connectivity index (χ0v) is 18.2. The Labute approximate surface area is 193 Å². The number of nitro benzene ring substituents is 1. The molecule has 0 saturated carbocycles. The highest BCUT2D eigenvalue weighted by atomic mass is 19.4. The fourth-order valence-corrected chi connectivity index (χ4v) is 3.71. The molecule has 1 fully saturated rings. The van der Waals surface area contributed by atoms with Crippen molar-refractivity contribution in [2.24, 2.45) is 5.92 Å². The molecular weight excluding hydrogens is 457 g/mol. The number of carbonyl (C=O) groups is 2. The number of ether oxygens (including phenoxy) is 1. The number of halogens is 3. The quantitative estimate of drug-likeness (QED) is 0.457. The number of alkyl halides is 3. The van der Waals surface area contributed by atoms with Crippen molar-refractivity contribution >= 4 is 34.6 Å². The third kappa shape index (κ3) is 6.22. The van der Waals surface area contributed by atoms with Gasteiger partial charge in [0.05, 0.1) is 10.5 Å². The van der Waals surface area contributed by atoms with Gasteiger partial charge in [-0.25, -0.2) is 0 Å². The van der Waals surface area contributed by atoms with E-state index in [0.717, 1.165) is 12.1 Å². The molecule has 0 atom stereocenters. The Bertz CT molecular complexity index is 1050. The van der Waals surface area contributed by atoms with E-state index in [-0.39, 0.29) is 43.1 Å². The van der Waals surface area contributed by atoms with Crippen LogP contribution in [-0.2, 0) is 20.5 Å². The number of nitrogens with zero attached hydrogens (tertiary/aromatic N) is 2. The minimum absolute atomic E-state index is 0.0766. The normalized spacial score (nSPS) is 14.5. The lowest BCUT2D eigenvalue weighted by Gasteiger charge is -2.32. The number of benzene rings is 2. The van der Waals surface area contributed by atoms with Gasteiger partial charge in [-0.05, 0) is 49.2 Å². The summed E-state index contributed by atoms with van der Waals surface area (Å²) in [5.41, 5.74) is -0.512. The van der Waals surface area contributed by atoms with Crippen molar-refractivity contribution in [3.8, 4) is 0 Å². The monoisotopic (exact) mass is 480 g/mol. The molecule has 182 valence electrons. The molecule has 2 N–H and O–H groups in total. The van der Waals surface area contributed by atoms with Crippen molar-refractivity contribution in [1.29, 1.82) is 0 Å². The Hall–Kier alpha value is -3.67. The van der Waals surface area contributed by atoms with Crippen LogP contribution >= 0.6 is 0 Å². The average Bonchev–Trinajstić information content (AvgIpc) is 2.79. The smallest absolute Gasteiger partial charge is 0.375 e. The largest absolute Gasteiger partial charge is 0.416 e. The molecule has 34 heavy (non-hydrogen) atoms. The summed E-state index contributed by atoms with van der Waals surface area (Å²) in [5, 5.41) is 16.8. The van der Waals surface area contributed by atoms with Crippen LogP contribution in [0.5, 0.6) is 0 Å². The summed E-state index contributed by atoms with van der Waals surface area (Å²) in [6.07, 6.45) is -3.91. The first kappa shape index (κ1) is 25.0. The predicted molar refractivity (Wildman–Crippen MR) is 119 cm³/mol. The van der Waals surface area contributed by atoms with Gasteiger partial charge in [-0.15, -0.1) is 0 Å². The second kappa shape index (κ2) is 10.5. The van der Waals surface area contributed by atoms with E-state index in [1.165, 1.54) is 7.11 Å². The van der Waals surface area contributed by atoms with Crippen molar-refractivity contribution < 1.29 is 32.4 Å². The number of hydrogen-bond donors (Lipinski definition) is 2. The highest BCUT2D eigenvalue weighted by molar-refractivity contribution is 5.94. The van der Waals surface area contributed by atoms with Crippen molar-refractivity contribution in [2.45, 2.75) is 19.0 Å². The molecule has 12 heteroatoms. The van der Waals surface area contributed by atoms with E-state index >= 15 is 0 Å². The van der Waals surface area contributed by atoms with Gasteiger partial charge in [-0.1, -0.05) is 0 Å². The predicted octanol–water partition coefficient (Wildman–Crippen LogP) is 4.05. The zero-order valence-electron chi connectivity index (χ0n) is 18.2. The molecule has 1 heterocycles. The molecule has 0 radical (unpaired) electrons. The van der Waals surface area contributed by atoms with Gasteiger partial charge in [-0.3, -0.25) is 19.7 Å². The lowest BCUT2D eigenvalue weighted by atomic mass is 9.95. The summed E-state index contributed by atoms with van der Waals surface area (Å²) >= 11 is 0. The molecule has 1 aliphatic rings. The first-order chi connectivity index (χ1) is 16.1. The van der Waals surface area contributed by atoms with Crippen LogP contribution < -0.4 is 15.5 Å². The average molecular weight is 480 g/mol. The SMILES string of the molecule is COCC(=O)Nc1ccc(NC(=O)C2CCN(c3ccc(C(F)(F)F)cc3[N+](=O)[O-])CC2)cc1. The van der Waals surface area contributed by atoms with E-state index in [1.54, 1.807) is 29.2 Å². The Morgan fingerprint density at radius 2 is 1.68 bits per heavy atom. The van der Waals surface area contributed by atoms with E-state index in [9.17, 15) is 32.9 Å². The van der Waals surface area contributed by atoms with E-state index in [0.29, 0.717) is 30.3 Å². The fraction of sp³-hybridized carbons (Fsp3) is 0.364. The van der Waals surface area contributed by atoms with Gasteiger partial charge in [0, 0.05) is 43.6 Å². The van der Waals surface area contributed by atoms with Crippen LogP contribution in [0, 0.1) is 16.0 Å². The first-order valence-corrected chi connectivity index (χ1v) is 10.4. The summed E-state index contributed by atoms with van der Waals surface area (Å²) in [7, 11) is 1.41. The summed E-state index contributed by atoms with van der Waals surface area (Å²) in [6.45, 7) is 0.496. The van der Waals surface area contributed by atoms with Crippen LogP contribution in [0.3, 0.4) is 0 Å². The van der Waals surface area contributed by atoms with Crippen molar-refractivity contribution in [1.82, 2.24) is 0 Å². The van der Waals surface area contributed by atoms with E-state index < -0.39 is 22.4 Å². The standard InChI is InChI=1S/C22H23F3N4O5/c1-34-13-20(30)26-16-3-5-17(6-4-16)27-21(31)14-8-10-28(11-9-14)18-7-2-15(22(23,24)25)12-19(18)29(32)33/h2-7,12,14H,8-11,13H2,1H3,(H,26,30)(H,27,31). The Balaban J connectivity index is 1.59. The molecular formula is C22H23F3N4O5. The van der Waals surface area contributed by atoms with Crippen molar-refractivity contribution in [3.05, 3.63) is 58.1 Å². The third-order valence-corrected chi connectivity index (χ3v) is 5.42. The molecule has 0 unspecified atom stereocenters. The van der Waals surface area contributed by atoms with Gasteiger partial charge in [-0.2, -0.15) is 13.2 Å². The number of hydrogen-bond acceptors (Lipinski definition) is 6. The Kier molecular flexibility index (Phi) is 7.72. The van der Waals surface area contributed by atoms with Gasteiger partial charge in [0.2, 0.25) is 11.8 Å². The third-order valence-electron chi connectivity index (χ3n) is 5.42. The molecule has 3 rings (SSSR count). The summed E-state index contributed by atoms with van der Waals surface area (Å²) in [6, 6.07) is 9.01.